The number of hydrogen-bond acceptors (Lipinski definition) is 1. The lowest BCUT2D eigenvalue weighted by atomic mass is 10.4. The molecule has 7 heavy (non-hydrogen) atoms. The van der Waals surface area contributed by atoms with E-state index in [9.17, 15) is 4.79 Å². The molecule has 0 bridgehead atoms. The molecule has 0 saturated heterocycles. The molecule has 0 fully saturated rings. The zero-order chi connectivity index (χ0) is 5.28. The smallest absolute Gasteiger partial charge is 0.388 e. The topological polar surface area (TPSA) is 51.3 Å². The SMILES string of the molecule is O=C1CCC(O)=[NH+]1. The van der Waals surface area contributed by atoms with Gasteiger partial charge in [-0.25, -0.2) is 4.79 Å². The van der Waals surface area contributed by atoms with Gasteiger partial charge in [0.15, 0.2) is 0 Å². The second-order valence-corrected chi connectivity index (χ2v) is 1.49. The normalized spacial score (nSPS) is 20.0. The second kappa shape index (κ2) is 1.33. The van der Waals surface area contributed by atoms with E-state index in [-0.39, 0.29) is 11.8 Å². The van der Waals surface area contributed by atoms with Crippen LogP contribution in [0, 0.1) is 0 Å². The third kappa shape index (κ3) is 0.765. The van der Waals surface area contributed by atoms with Gasteiger partial charge in [-0.05, 0) is 0 Å². The van der Waals surface area contributed by atoms with Crippen molar-refractivity contribution in [2.45, 2.75) is 12.8 Å². The Labute approximate surface area is 40.7 Å². The van der Waals surface area contributed by atoms with Crippen molar-refractivity contribution in [3.05, 3.63) is 0 Å². The lowest BCUT2D eigenvalue weighted by Crippen LogP contribution is -2.73. The molecule has 1 aliphatic rings. The van der Waals surface area contributed by atoms with E-state index in [0.717, 1.165) is 0 Å². The van der Waals surface area contributed by atoms with Crippen molar-refractivity contribution in [3.63, 3.8) is 0 Å². The number of amides is 1. The van der Waals surface area contributed by atoms with Crippen LogP contribution in [0.2, 0.25) is 0 Å². The number of carbonyl (C=O) groups is 1. The van der Waals surface area contributed by atoms with Gasteiger partial charge in [-0.1, -0.05) is 0 Å². The molecule has 3 nitrogen and oxygen atoms in total. The highest BCUT2D eigenvalue weighted by atomic mass is 16.3. The molecular weight excluding hydrogens is 94.0 g/mol. The van der Waals surface area contributed by atoms with Gasteiger partial charge in [0.25, 0.3) is 0 Å². The zero-order valence-electron chi connectivity index (χ0n) is 3.77. The Balaban J connectivity index is 2.67. The molecular formula is C4H6NO2+. The average Bonchev–Trinajstić information content (AvgIpc) is 1.87. The average molecular weight is 100 g/mol. The minimum absolute atomic E-state index is 0.0856. The second-order valence-electron chi connectivity index (χ2n) is 1.49. The van der Waals surface area contributed by atoms with Crippen molar-refractivity contribution in [1.82, 2.24) is 0 Å². The number of nitrogens with one attached hydrogen (secondary N) is 1. The predicted molar refractivity (Wildman–Crippen MR) is 22.8 cm³/mol. The van der Waals surface area contributed by atoms with Crippen LogP contribution in [0.4, 0.5) is 0 Å². The number of rotatable bonds is 0. The molecule has 0 spiro atoms. The van der Waals surface area contributed by atoms with Gasteiger partial charge in [0.05, 0.1) is 12.8 Å². The monoisotopic (exact) mass is 100 g/mol. The molecule has 1 rings (SSSR count). The van der Waals surface area contributed by atoms with Gasteiger partial charge < -0.3 is 5.11 Å². The van der Waals surface area contributed by atoms with E-state index >= 15 is 0 Å². The van der Waals surface area contributed by atoms with Crippen LogP contribution in [-0.2, 0) is 4.79 Å². The lowest BCUT2D eigenvalue weighted by molar-refractivity contribution is -0.379. The summed E-state index contributed by atoms with van der Waals surface area (Å²) in [6.45, 7) is 0. The maximum atomic E-state index is 10.2. The summed E-state index contributed by atoms with van der Waals surface area (Å²) in [5.41, 5.74) is 0. The minimum Gasteiger partial charge on any atom is -0.463 e. The molecule has 0 atom stereocenters. The molecule has 0 unspecified atom stereocenters. The van der Waals surface area contributed by atoms with E-state index in [0.29, 0.717) is 12.8 Å². The molecule has 38 valence electrons. The van der Waals surface area contributed by atoms with Crippen LogP contribution in [0.1, 0.15) is 12.8 Å². The summed E-state index contributed by atoms with van der Waals surface area (Å²) in [6, 6.07) is 0. The Bertz CT molecular complexity index is 128. The van der Waals surface area contributed by atoms with E-state index in [4.69, 9.17) is 5.11 Å². The highest BCUT2D eigenvalue weighted by Gasteiger charge is 2.19. The summed E-state index contributed by atoms with van der Waals surface area (Å²) >= 11 is 0. The number of aliphatic hydroxyl groups excluding tert-OH is 1. The minimum atomic E-state index is -0.0856. The molecule has 0 aromatic carbocycles. The third-order valence-corrected chi connectivity index (χ3v) is 0.873. The summed E-state index contributed by atoms with van der Waals surface area (Å²) in [6.07, 6.45) is 0.921. The summed E-state index contributed by atoms with van der Waals surface area (Å²) in [7, 11) is 0. The Hall–Kier alpha value is -0.860. The van der Waals surface area contributed by atoms with Crippen LogP contribution in [0.5, 0.6) is 0 Å². The molecule has 0 aromatic heterocycles. The van der Waals surface area contributed by atoms with Crippen LogP contribution in [0.15, 0.2) is 0 Å². The van der Waals surface area contributed by atoms with Crippen LogP contribution >= 0.6 is 0 Å². The first-order valence-corrected chi connectivity index (χ1v) is 2.13. The van der Waals surface area contributed by atoms with E-state index in [1.165, 1.54) is 0 Å². The van der Waals surface area contributed by atoms with Crippen molar-refractivity contribution in [2.24, 2.45) is 0 Å². The van der Waals surface area contributed by atoms with Crippen molar-refractivity contribution < 1.29 is 14.9 Å². The Morgan fingerprint density at radius 2 is 2.29 bits per heavy atom. The predicted octanol–water partition coefficient (Wildman–Crippen LogP) is -1.66. The summed E-state index contributed by atoms with van der Waals surface area (Å²) in [5, 5.41) is 8.48. The Morgan fingerprint density at radius 3 is 2.43 bits per heavy atom. The van der Waals surface area contributed by atoms with Crippen molar-refractivity contribution in [2.75, 3.05) is 0 Å². The molecule has 0 aromatic rings. The molecule has 1 heterocycles. The van der Waals surface area contributed by atoms with Crippen molar-refractivity contribution >= 4 is 11.8 Å². The largest absolute Gasteiger partial charge is 0.463 e. The van der Waals surface area contributed by atoms with Crippen molar-refractivity contribution in [1.29, 1.82) is 0 Å². The highest BCUT2D eigenvalue weighted by Crippen LogP contribution is 1.86. The first-order chi connectivity index (χ1) is 3.29. The first-order valence-electron chi connectivity index (χ1n) is 2.13. The van der Waals surface area contributed by atoms with E-state index < -0.39 is 0 Å². The van der Waals surface area contributed by atoms with Gasteiger partial charge in [-0.3, -0.25) is 0 Å². The fraction of sp³-hybridized carbons (Fsp3) is 0.500. The highest BCUT2D eigenvalue weighted by molar-refractivity contribution is 5.83. The van der Waals surface area contributed by atoms with Crippen molar-refractivity contribution in [3.8, 4) is 0 Å². The number of hydrogen-bond donors (Lipinski definition) is 2. The van der Waals surface area contributed by atoms with E-state index in [2.05, 4.69) is 4.99 Å². The van der Waals surface area contributed by atoms with Crippen LogP contribution in [0.25, 0.3) is 0 Å². The zero-order valence-corrected chi connectivity index (χ0v) is 3.77. The van der Waals surface area contributed by atoms with Gasteiger partial charge in [-0.15, -0.1) is 4.99 Å². The maximum Gasteiger partial charge on any atom is 0.388 e. The van der Waals surface area contributed by atoms with Gasteiger partial charge >= 0.3 is 11.8 Å². The number of carbonyl (C=O) groups excluding carboxylic acids is 1. The van der Waals surface area contributed by atoms with Crippen LogP contribution in [-0.4, -0.2) is 16.9 Å². The molecule has 0 aliphatic carbocycles. The summed E-state index contributed by atoms with van der Waals surface area (Å²) in [4.78, 5) is 12.4. The molecule has 0 saturated carbocycles. The quantitative estimate of drug-likeness (QED) is 0.383. The fourth-order valence-electron chi connectivity index (χ4n) is 0.518. The molecule has 3 heteroatoms. The number of aliphatic hydroxyl groups is 1. The van der Waals surface area contributed by atoms with Gasteiger partial charge in [-0.2, -0.15) is 0 Å². The van der Waals surface area contributed by atoms with E-state index in [1.807, 2.05) is 0 Å². The van der Waals surface area contributed by atoms with Crippen LogP contribution in [0.3, 0.4) is 0 Å². The Morgan fingerprint density at radius 1 is 1.57 bits per heavy atom. The summed E-state index contributed by atoms with van der Waals surface area (Å²) in [5.74, 6) is 0.0162. The van der Waals surface area contributed by atoms with Crippen LogP contribution < -0.4 is 4.99 Å². The maximum absolute atomic E-state index is 10.2. The Kier molecular flexibility index (Phi) is 0.817. The van der Waals surface area contributed by atoms with Gasteiger partial charge in [0.2, 0.25) is 0 Å². The molecule has 1 amide bonds. The lowest BCUT2D eigenvalue weighted by Gasteiger charge is -1.67. The van der Waals surface area contributed by atoms with E-state index in [1.54, 1.807) is 0 Å². The standard InChI is InChI=1S/C4H5NO2/c6-3-1-2-4(7)5-3/h1-2H2,(H,5,6,7)/p+1. The first kappa shape index (κ1) is 4.30. The molecule has 1 aliphatic heterocycles. The molecule has 0 radical (unpaired) electrons. The molecule has 2 N–H and O–H groups in total. The fourth-order valence-corrected chi connectivity index (χ4v) is 0.518. The van der Waals surface area contributed by atoms with Gasteiger partial charge in [0, 0.05) is 0 Å². The summed E-state index contributed by atoms with van der Waals surface area (Å²) < 4.78 is 0. The third-order valence-electron chi connectivity index (χ3n) is 0.873. The van der Waals surface area contributed by atoms with Gasteiger partial charge in [0.1, 0.15) is 0 Å².